The molecule has 0 unspecified atom stereocenters. The van der Waals surface area contributed by atoms with Gasteiger partial charge in [-0.1, -0.05) is 27.7 Å². The summed E-state index contributed by atoms with van der Waals surface area (Å²) >= 11 is 1.42. The van der Waals surface area contributed by atoms with Crippen molar-refractivity contribution in [2.75, 3.05) is 13.7 Å². The summed E-state index contributed by atoms with van der Waals surface area (Å²) in [6.07, 6.45) is 1.08. The highest BCUT2D eigenvalue weighted by Crippen LogP contribution is 2.30. The van der Waals surface area contributed by atoms with Gasteiger partial charge in [-0.25, -0.2) is 9.78 Å². The lowest BCUT2D eigenvalue weighted by atomic mass is 9.91. The maximum Gasteiger partial charge on any atom is 0.350 e. The number of nitrogens with zero attached hydrogens (tertiary/aromatic N) is 1. The Morgan fingerprint density at radius 2 is 2.11 bits per heavy atom. The Morgan fingerprint density at radius 3 is 2.61 bits per heavy atom. The molecule has 0 aliphatic rings. The summed E-state index contributed by atoms with van der Waals surface area (Å²) < 4.78 is 4.82. The van der Waals surface area contributed by atoms with Gasteiger partial charge in [0.1, 0.15) is 9.88 Å². The number of rotatable bonds is 5. The van der Waals surface area contributed by atoms with Crippen LogP contribution >= 0.6 is 11.3 Å². The van der Waals surface area contributed by atoms with Gasteiger partial charge in [-0.3, -0.25) is 0 Å². The minimum Gasteiger partial charge on any atom is -0.465 e. The first-order valence-corrected chi connectivity index (χ1v) is 7.01. The summed E-state index contributed by atoms with van der Waals surface area (Å²) in [7, 11) is 1.41. The molecule has 5 heteroatoms. The van der Waals surface area contributed by atoms with E-state index in [1.807, 2.05) is 0 Å². The van der Waals surface area contributed by atoms with Crippen molar-refractivity contribution in [3.05, 3.63) is 15.6 Å². The van der Waals surface area contributed by atoms with Crippen LogP contribution in [0.1, 0.15) is 54.5 Å². The number of carbonyl (C=O) groups excluding carboxylic acids is 1. The number of nitrogens with one attached hydrogen (secondary N) is 1. The molecule has 0 bridgehead atoms. The van der Waals surface area contributed by atoms with Crippen LogP contribution in [0, 0.1) is 0 Å². The Labute approximate surface area is 113 Å². The van der Waals surface area contributed by atoms with E-state index in [0.29, 0.717) is 11.4 Å². The van der Waals surface area contributed by atoms with Crippen LogP contribution in [-0.4, -0.2) is 24.6 Å². The third-order valence-electron chi connectivity index (χ3n) is 2.46. The van der Waals surface area contributed by atoms with Gasteiger partial charge < -0.3 is 10.1 Å². The summed E-state index contributed by atoms with van der Waals surface area (Å²) in [6.45, 7) is 9.94. The average Bonchev–Trinajstić information content (AvgIpc) is 2.72. The van der Waals surface area contributed by atoms with Gasteiger partial charge in [0, 0.05) is 12.0 Å². The molecule has 0 radical (unpaired) electrons. The van der Waals surface area contributed by atoms with Crippen LogP contribution in [0.5, 0.6) is 0 Å². The molecule has 0 saturated heterocycles. The summed E-state index contributed by atoms with van der Waals surface area (Å²) in [5.41, 5.74) is 0.677. The molecule has 0 aliphatic carbocycles. The van der Waals surface area contributed by atoms with Crippen molar-refractivity contribution >= 4 is 17.3 Å². The van der Waals surface area contributed by atoms with Crippen LogP contribution in [0.25, 0.3) is 0 Å². The minimum atomic E-state index is -0.292. The average molecular weight is 270 g/mol. The molecule has 0 spiro atoms. The number of hydrogen-bond donors (Lipinski definition) is 1. The van der Waals surface area contributed by atoms with E-state index in [2.05, 4.69) is 38.0 Å². The van der Waals surface area contributed by atoms with Gasteiger partial charge >= 0.3 is 5.97 Å². The van der Waals surface area contributed by atoms with E-state index < -0.39 is 0 Å². The van der Waals surface area contributed by atoms with E-state index in [1.165, 1.54) is 18.4 Å². The maximum atomic E-state index is 11.8. The summed E-state index contributed by atoms with van der Waals surface area (Å²) in [5, 5.41) is 4.23. The quantitative estimate of drug-likeness (QED) is 0.660. The van der Waals surface area contributed by atoms with Crippen LogP contribution in [0.4, 0.5) is 0 Å². The molecule has 0 fully saturated rings. The Bertz CT molecular complexity index is 408. The SMILES string of the molecule is CCCNCc1nc(C(C)(C)C)c(C(=O)OC)s1. The maximum absolute atomic E-state index is 11.8. The molecule has 1 rings (SSSR count). The molecule has 18 heavy (non-hydrogen) atoms. The van der Waals surface area contributed by atoms with Gasteiger partial charge in [0.25, 0.3) is 0 Å². The van der Waals surface area contributed by atoms with Crippen molar-refractivity contribution in [2.24, 2.45) is 0 Å². The van der Waals surface area contributed by atoms with E-state index in [1.54, 1.807) is 0 Å². The predicted molar refractivity (Wildman–Crippen MR) is 74.2 cm³/mol. The number of carbonyl (C=O) groups is 1. The number of hydrogen-bond acceptors (Lipinski definition) is 5. The highest BCUT2D eigenvalue weighted by molar-refractivity contribution is 7.13. The van der Waals surface area contributed by atoms with E-state index >= 15 is 0 Å². The highest BCUT2D eigenvalue weighted by atomic mass is 32.1. The second-order valence-electron chi connectivity index (χ2n) is 5.20. The van der Waals surface area contributed by atoms with Gasteiger partial charge in [-0.05, 0) is 13.0 Å². The van der Waals surface area contributed by atoms with Crippen molar-refractivity contribution < 1.29 is 9.53 Å². The number of thiazole rings is 1. The van der Waals surface area contributed by atoms with Crippen molar-refractivity contribution in [1.29, 1.82) is 0 Å². The Balaban J connectivity index is 2.97. The highest BCUT2D eigenvalue weighted by Gasteiger charge is 2.27. The molecule has 0 aliphatic heterocycles. The molecule has 1 N–H and O–H groups in total. The molecular formula is C13H22N2O2S. The molecule has 0 amide bonds. The van der Waals surface area contributed by atoms with Crippen LogP contribution in [0.15, 0.2) is 0 Å². The van der Waals surface area contributed by atoms with E-state index in [4.69, 9.17) is 4.74 Å². The third-order valence-corrected chi connectivity index (χ3v) is 3.49. The lowest BCUT2D eigenvalue weighted by Crippen LogP contribution is -2.17. The van der Waals surface area contributed by atoms with E-state index in [-0.39, 0.29) is 11.4 Å². The first-order valence-electron chi connectivity index (χ1n) is 6.19. The van der Waals surface area contributed by atoms with Gasteiger partial charge in [0.15, 0.2) is 0 Å². The molecule has 0 aromatic carbocycles. The number of ether oxygens (including phenoxy) is 1. The fourth-order valence-electron chi connectivity index (χ4n) is 1.55. The molecule has 1 aromatic heterocycles. The Kier molecular flexibility index (Phi) is 5.28. The summed E-state index contributed by atoms with van der Waals surface area (Å²) in [4.78, 5) is 17.0. The van der Waals surface area contributed by atoms with E-state index in [9.17, 15) is 4.79 Å². The topological polar surface area (TPSA) is 51.2 Å². The van der Waals surface area contributed by atoms with Crippen molar-refractivity contribution in [2.45, 2.75) is 46.1 Å². The van der Waals surface area contributed by atoms with E-state index in [0.717, 1.165) is 23.7 Å². The standard InChI is InChI=1S/C13H22N2O2S/c1-6-7-14-8-9-15-11(13(2,3)4)10(18-9)12(16)17-5/h14H,6-8H2,1-5H3. The smallest absolute Gasteiger partial charge is 0.350 e. The number of aromatic nitrogens is 1. The van der Waals surface area contributed by atoms with Gasteiger partial charge in [-0.15, -0.1) is 11.3 Å². The van der Waals surface area contributed by atoms with Crippen molar-refractivity contribution in [3.63, 3.8) is 0 Å². The van der Waals surface area contributed by atoms with Gasteiger partial charge in [-0.2, -0.15) is 0 Å². The van der Waals surface area contributed by atoms with Crippen LogP contribution in [0.2, 0.25) is 0 Å². The lowest BCUT2D eigenvalue weighted by Gasteiger charge is -2.16. The molecule has 1 aromatic rings. The predicted octanol–water partition coefficient (Wildman–Crippen LogP) is 2.73. The minimum absolute atomic E-state index is 0.150. The van der Waals surface area contributed by atoms with Crippen molar-refractivity contribution in [3.8, 4) is 0 Å². The molecule has 4 nitrogen and oxygen atoms in total. The number of esters is 1. The third kappa shape index (κ3) is 3.78. The molecule has 102 valence electrons. The van der Waals surface area contributed by atoms with Gasteiger partial charge in [0.2, 0.25) is 0 Å². The first-order chi connectivity index (χ1) is 8.40. The lowest BCUT2D eigenvalue weighted by molar-refractivity contribution is 0.0603. The van der Waals surface area contributed by atoms with Crippen molar-refractivity contribution in [1.82, 2.24) is 10.3 Å². The van der Waals surface area contributed by atoms with Crippen LogP contribution in [0.3, 0.4) is 0 Å². The first kappa shape index (κ1) is 15.1. The second-order valence-corrected chi connectivity index (χ2v) is 6.29. The fourth-order valence-corrected chi connectivity index (χ4v) is 2.71. The Hall–Kier alpha value is -0.940. The molecular weight excluding hydrogens is 248 g/mol. The summed E-state index contributed by atoms with van der Waals surface area (Å²) in [6, 6.07) is 0. The zero-order valence-electron chi connectivity index (χ0n) is 11.8. The zero-order chi connectivity index (χ0) is 13.8. The largest absolute Gasteiger partial charge is 0.465 e. The van der Waals surface area contributed by atoms with Crippen LogP contribution < -0.4 is 5.32 Å². The molecule has 0 saturated carbocycles. The molecule has 1 heterocycles. The zero-order valence-corrected chi connectivity index (χ0v) is 12.6. The fraction of sp³-hybridized carbons (Fsp3) is 0.692. The molecule has 0 atom stereocenters. The van der Waals surface area contributed by atoms with Gasteiger partial charge in [0.05, 0.1) is 12.8 Å². The monoisotopic (exact) mass is 270 g/mol. The Morgan fingerprint density at radius 1 is 1.44 bits per heavy atom. The normalized spacial score (nSPS) is 11.6. The summed E-state index contributed by atoms with van der Waals surface area (Å²) in [5.74, 6) is -0.292. The van der Waals surface area contributed by atoms with Crippen LogP contribution in [-0.2, 0) is 16.7 Å². The second kappa shape index (κ2) is 6.29. The number of methoxy groups -OCH3 is 1.